The molecule has 2 aromatic rings. The van der Waals surface area contributed by atoms with E-state index in [9.17, 15) is 9.59 Å². The number of likely N-dealkylation sites (tertiary alicyclic amines) is 1. The third-order valence-corrected chi connectivity index (χ3v) is 5.30. The highest BCUT2D eigenvalue weighted by molar-refractivity contribution is 5.89. The first kappa shape index (κ1) is 19.0. The number of carbonyl (C=O) groups is 2. The molecule has 2 aromatic carbocycles. The number of urea groups is 1. The second-order valence-electron chi connectivity index (χ2n) is 7.51. The van der Waals surface area contributed by atoms with Gasteiger partial charge in [-0.05, 0) is 37.5 Å². The van der Waals surface area contributed by atoms with E-state index >= 15 is 0 Å². The Hall–Kier alpha value is -2.82. The molecule has 0 bridgehead atoms. The molecule has 1 saturated heterocycles. The number of nitrogens with one attached hydrogen (secondary N) is 2. The summed E-state index contributed by atoms with van der Waals surface area (Å²) in [5.41, 5.74) is 2.65. The average molecular weight is 365 g/mol. The molecule has 0 radical (unpaired) electrons. The van der Waals surface area contributed by atoms with Crippen LogP contribution in [0.4, 0.5) is 10.5 Å². The molecule has 0 atom stereocenters. The van der Waals surface area contributed by atoms with Crippen LogP contribution in [-0.4, -0.2) is 29.9 Å². The maximum atomic E-state index is 12.7. The molecule has 0 unspecified atom stereocenters. The zero-order chi connectivity index (χ0) is 19.3. The summed E-state index contributed by atoms with van der Waals surface area (Å²) in [4.78, 5) is 26.9. The van der Waals surface area contributed by atoms with Crippen LogP contribution in [0.2, 0.25) is 0 Å². The van der Waals surface area contributed by atoms with Crippen LogP contribution in [0.1, 0.15) is 30.9 Å². The standard InChI is InChI=1S/C22H27N3O2/c1-17-8-10-18(11-9-17)16-23-20(26)22(2)12-14-25(15-13-22)21(27)24-19-6-4-3-5-7-19/h3-11H,12-16H2,1-2H3,(H,23,26)(H,24,27). The molecule has 0 spiro atoms. The monoisotopic (exact) mass is 365 g/mol. The SMILES string of the molecule is Cc1ccc(CNC(=O)C2(C)CCN(C(=O)Nc3ccccc3)CC2)cc1. The van der Waals surface area contributed by atoms with Gasteiger partial charge in [0.25, 0.3) is 0 Å². The first-order valence-corrected chi connectivity index (χ1v) is 9.41. The van der Waals surface area contributed by atoms with Gasteiger partial charge in [-0.25, -0.2) is 4.79 Å². The van der Waals surface area contributed by atoms with E-state index in [0.29, 0.717) is 32.5 Å². The molecule has 27 heavy (non-hydrogen) atoms. The zero-order valence-corrected chi connectivity index (χ0v) is 16.0. The lowest BCUT2D eigenvalue weighted by atomic mass is 9.79. The van der Waals surface area contributed by atoms with Gasteiger partial charge in [-0.3, -0.25) is 4.79 Å². The summed E-state index contributed by atoms with van der Waals surface area (Å²) in [7, 11) is 0. The van der Waals surface area contributed by atoms with E-state index in [2.05, 4.69) is 10.6 Å². The second-order valence-corrected chi connectivity index (χ2v) is 7.51. The van der Waals surface area contributed by atoms with Crippen molar-refractivity contribution in [1.82, 2.24) is 10.2 Å². The van der Waals surface area contributed by atoms with E-state index in [-0.39, 0.29) is 11.9 Å². The summed E-state index contributed by atoms with van der Waals surface area (Å²) in [6.07, 6.45) is 1.32. The number of anilines is 1. The number of amides is 3. The van der Waals surface area contributed by atoms with Crippen LogP contribution in [0.5, 0.6) is 0 Å². The Balaban J connectivity index is 1.49. The molecule has 3 amide bonds. The van der Waals surface area contributed by atoms with Crippen LogP contribution in [0.3, 0.4) is 0 Å². The van der Waals surface area contributed by atoms with Gasteiger partial charge in [-0.2, -0.15) is 0 Å². The van der Waals surface area contributed by atoms with E-state index in [4.69, 9.17) is 0 Å². The molecule has 1 aliphatic heterocycles. The van der Waals surface area contributed by atoms with Gasteiger partial charge < -0.3 is 15.5 Å². The fourth-order valence-electron chi connectivity index (χ4n) is 3.26. The Bertz CT molecular complexity index is 779. The lowest BCUT2D eigenvalue weighted by Gasteiger charge is -2.38. The topological polar surface area (TPSA) is 61.4 Å². The first-order valence-electron chi connectivity index (χ1n) is 9.41. The van der Waals surface area contributed by atoms with Crippen LogP contribution >= 0.6 is 0 Å². The van der Waals surface area contributed by atoms with Gasteiger partial charge >= 0.3 is 6.03 Å². The molecular weight excluding hydrogens is 338 g/mol. The van der Waals surface area contributed by atoms with Crippen LogP contribution in [0, 0.1) is 12.3 Å². The van der Waals surface area contributed by atoms with Crippen molar-refractivity contribution in [2.75, 3.05) is 18.4 Å². The third kappa shape index (κ3) is 4.88. The Labute approximate surface area is 160 Å². The van der Waals surface area contributed by atoms with Crippen LogP contribution in [-0.2, 0) is 11.3 Å². The molecule has 2 N–H and O–H groups in total. The number of para-hydroxylation sites is 1. The van der Waals surface area contributed by atoms with Gasteiger partial charge in [0.05, 0.1) is 0 Å². The summed E-state index contributed by atoms with van der Waals surface area (Å²) >= 11 is 0. The average Bonchev–Trinajstić information content (AvgIpc) is 2.68. The number of rotatable bonds is 4. The van der Waals surface area contributed by atoms with Crippen molar-refractivity contribution in [3.8, 4) is 0 Å². The number of aryl methyl sites for hydroxylation is 1. The number of hydrogen-bond acceptors (Lipinski definition) is 2. The highest BCUT2D eigenvalue weighted by Crippen LogP contribution is 2.31. The number of piperidine rings is 1. The summed E-state index contributed by atoms with van der Waals surface area (Å²) in [5, 5.41) is 5.96. The summed E-state index contributed by atoms with van der Waals surface area (Å²) in [6.45, 7) is 5.72. The maximum Gasteiger partial charge on any atom is 0.321 e. The Morgan fingerprint density at radius 1 is 1.00 bits per heavy atom. The van der Waals surface area contributed by atoms with Crippen molar-refractivity contribution < 1.29 is 9.59 Å². The Kier molecular flexibility index (Phi) is 5.79. The number of benzene rings is 2. The molecule has 1 aliphatic rings. The summed E-state index contributed by atoms with van der Waals surface area (Å²) in [5.74, 6) is 0.0613. The van der Waals surface area contributed by atoms with Gasteiger partial charge in [0.2, 0.25) is 5.91 Å². The van der Waals surface area contributed by atoms with Crippen molar-refractivity contribution in [3.63, 3.8) is 0 Å². The van der Waals surface area contributed by atoms with Crippen molar-refractivity contribution >= 4 is 17.6 Å². The molecular formula is C22H27N3O2. The van der Waals surface area contributed by atoms with E-state index < -0.39 is 5.41 Å². The van der Waals surface area contributed by atoms with Gasteiger partial charge in [0.15, 0.2) is 0 Å². The van der Waals surface area contributed by atoms with E-state index in [0.717, 1.165) is 11.3 Å². The maximum absolute atomic E-state index is 12.7. The lowest BCUT2D eigenvalue weighted by molar-refractivity contribution is -0.132. The Morgan fingerprint density at radius 3 is 2.26 bits per heavy atom. The first-order chi connectivity index (χ1) is 13.0. The van der Waals surface area contributed by atoms with Crippen molar-refractivity contribution in [2.45, 2.75) is 33.2 Å². The van der Waals surface area contributed by atoms with Crippen LogP contribution in [0.15, 0.2) is 54.6 Å². The van der Waals surface area contributed by atoms with Crippen molar-refractivity contribution in [1.29, 1.82) is 0 Å². The smallest absolute Gasteiger partial charge is 0.321 e. The summed E-state index contributed by atoms with van der Waals surface area (Å²) in [6, 6.07) is 17.5. The predicted octanol–water partition coefficient (Wildman–Crippen LogP) is 3.95. The molecule has 3 rings (SSSR count). The number of carbonyl (C=O) groups excluding carboxylic acids is 2. The molecule has 5 heteroatoms. The third-order valence-electron chi connectivity index (χ3n) is 5.30. The predicted molar refractivity (Wildman–Crippen MR) is 107 cm³/mol. The minimum absolute atomic E-state index is 0.0613. The summed E-state index contributed by atoms with van der Waals surface area (Å²) < 4.78 is 0. The minimum Gasteiger partial charge on any atom is -0.352 e. The molecule has 5 nitrogen and oxygen atoms in total. The lowest BCUT2D eigenvalue weighted by Crippen LogP contribution is -2.49. The van der Waals surface area contributed by atoms with Crippen molar-refractivity contribution in [3.05, 3.63) is 65.7 Å². The minimum atomic E-state index is -0.436. The van der Waals surface area contributed by atoms with E-state index in [1.165, 1.54) is 5.56 Å². The molecule has 0 saturated carbocycles. The van der Waals surface area contributed by atoms with Crippen LogP contribution in [0.25, 0.3) is 0 Å². The molecule has 0 aliphatic carbocycles. The zero-order valence-electron chi connectivity index (χ0n) is 16.0. The van der Waals surface area contributed by atoms with Gasteiger partial charge in [-0.15, -0.1) is 0 Å². The normalized spacial score (nSPS) is 15.9. The fourth-order valence-corrected chi connectivity index (χ4v) is 3.26. The fraction of sp³-hybridized carbons (Fsp3) is 0.364. The highest BCUT2D eigenvalue weighted by atomic mass is 16.2. The number of nitrogens with zero attached hydrogens (tertiary/aromatic N) is 1. The molecule has 0 aromatic heterocycles. The quantitative estimate of drug-likeness (QED) is 0.862. The van der Waals surface area contributed by atoms with Gasteiger partial charge in [0, 0.05) is 30.7 Å². The van der Waals surface area contributed by atoms with Gasteiger partial charge in [-0.1, -0.05) is 55.0 Å². The molecule has 1 fully saturated rings. The van der Waals surface area contributed by atoms with Crippen molar-refractivity contribution in [2.24, 2.45) is 5.41 Å². The van der Waals surface area contributed by atoms with E-state index in [1.807, 2.05) is 68.4 Å². The Morgan fingerprint density at radius 2 is 1.63 bits per heavy atom. The molecule has 142 valence electrons. The highest BCUT2D eigenvalue weighted by Gasteiger charge is 2.37. The molecule has 1 heterocycles. The largest absolute Gasteiger partial charge is 0.352 e. The van der Waals surface area contributed by atoms with Gasteiger partial charge in [0.1, 0.15) is 0 Å². The second kappa shape index (κ2) is 8.25. The van der Waals surface area contributed by atoms with E-state index in [1.54, 1.807) is 4.90 Å². The number of hydrogen-bond donors (Lipinski definition) is 2. The van der Waals surface area contributed by atoms with Crippen LogP contribution < -0.4 is 10.6 Å².